The number of rotatable bonds is 5. The van der Waals surface area contributed by atoms with Crippen molar-refractivity contribution in [2.24, 2.45) is 0 Å². The van der Waals surface area contributed by atoms with Crippen LogP contribution in [0.5, 0.6) is 0 Å². The van der Waals surface area contributed by atoms with E-state index in [0.717, 1.165) is 18.4 Å². The molecule has 0 aliphatic rings. The Morgan fingerprint density at radius 3 is 2.42 bits per heavy atom. The van der Waals surface area contributed by atoms with Gasteiger partial charge in [-0.15, -0.1) is 0 Å². The molecule has 0 aromatic carbocycles. The number of hydrogen-bond acceptors (Lipinski definition) is 1. The van der Waals surface area contributed by atoms with Crippen molar-refractivity contribution in [1.82, 2.24) is 0 Å². The van der Waals surface area contributed by atoms with E-state index >= 15 is 0 Å². The van der Waals surface area contributed by atoms with Gasteiger partial charge in [-0.25, -0.2) is 0 Å². The van der Waals surface area contributed by atoms with Gasteiger partial charge in [0.15, 0.2) is 0 Å². The Morgan fingerprint density at radius 2 is 2.00 bits per heavy atom. The van der Waals surface area contributed by atoms with Crippen molar-refractivity contribution in [1.29, 1.82) is 0 Å². The summed E-state index contributed by atoms with van der Waals surface area (Å²) in [6, 6.07) is 0. The third-order valence-corrected chi connectivity index (χ3v) is 1.39. The van der Waals surface area contributed by atoms with Crippen molar-refractivity contribution in [3.8, 4) is 0 Å². The van der Waals surface area contributed by atoms with Gasteiger partial charge in [0.1, 0.15) is 0 Å². The van der Waals surface area contributed by atoms with Crippen molar-refractivity contribution in [3.05, 3.63) is 23.8 Å². The molecule has 0 spiro atoms. The van der Waals surface area contributed by atoms with Gasteiger partial charge in [0.2, 0.25) is 0 Å². The van der Waals surface area contributed by atoms with Gasteiger partial charge >= 0.3 is 5.97 Å². The number of hydrogen-bond donors (Lipinski definition) is 1. The lowest BCUT2D eigenvalue weighted by atomic mass is 10.1. The van der Waals surface area contributed by atoms with Crippen molar-refractivity contribution in [2.45, 2.75) is 33.1 Å². The number of allylic oxidation sites excluding steroid dienone is 3. The molecule has 0 radical (unpaired) electrons. The Morgan fingerprint density at radius 1 is 1.33 bits per heavy atom. The number of carbonyl (C=O) groups is 1. The Kier molecular flexibility index (Phi) is 6.07. The third-order valence-electron chi connectivity index (χ3n) is 1.39. The lowest BCUT2D eigenvalue weighted by Gasteiger charge is -1.96. The van der Waals surface area contributed by atoms with E-state index in [4.69, 9.17) is 5.11 Å². The van der Waals surface area contributed by atoms with Crippen LogP contribution >= 0.6 is 0 Å². The normalized spacial score (nSPS) is 12.3. The first-order chi connectivity index (χ1) is 5.70. The molecule has 0 rings (SSSR count). The SMILES string of the molecule is CC/C=C\C(=C/CC)CC(=O)O. The molecule has 0 aliphatic heterocycles. The summed E-state index contributed by atoms with van der Waals surface area (Å²) in [4.78, 5) is 10.4. The molecule has 0 aromatic rings. The largest absolute Gasteiger partial charge is 0.481 e. The molecule has 0 saturated carbocycles. The van der Waals surface area contributed by atoms with Crippen LogP contribution in [0.15, 0.2) is 23.8 Å². The minimum Gasteiger partial charge on any atom is -0.481 e. The molecule has 2 nitrogen and oxygen atoms in total. The van der Waals surface area contributed by atoms with Gasteiger partial charge in [-0.1, -0.05) is 32.1 Å². The van der Waals surface area contributed by atoms with E-state index in [2.05, 4.69) is 0 Å². The Balaban J connectivity index is 4.14. The van der Waals surface area contributed by atoms with Gasteiger partial charge < -0.3 is 5.11 Å². The first-order valence-electron chi connectivity index (χ1n) is 4.28. The summed E-state index contributed by atoms with van der Waals surface area (Å²) in [5.74, 6) is -0.768. The molecular weight excluding hydrogens is 152 g/mol. The molecule has 0 atom stereocenters. The van der Waals surface area contributed by atoms with Crippen molar-refractivity contribution in [3.63, 3.8) is 0 Å². The van der Waals surface area contributed by atoms with Gasteiger partial charge in [-0.2, -0.15) is 0 Å². The van der Waals surface area contributed by atoms with Gasteiger partial charge in [0, 0.05) is 0 Å². The maximum atomic E-state index is 10.4. The maximum Gasteiger partial charge on any atom is 0.307 e. The predicted octanol–water partition coefficient (Wildman–Crippen LogP) is 2.76. The molecule has 0 saturated heterocycles. The van der Waals surface area contributed by atoms with Gasteiger partial charge in [0.05, 0.1) is 6.42 Å². The molecule has 0 heterocycles. The van der Waals surface area contributed by atoms with Crippen molar-refractivity contribution < 1.29 is 9.90 Å². The van der Waals surface area contributed by atoms with Crippen LogP contribution in [0.1, 0.15) is 33.1 Å². The summed E-state index contributed by atoms with van der Waals surface area (Å²) in [5, 5.41) is 8.54. The van der Waals surface area contributed by atoms with Crippen LogP contribution in [0.4, 0.5) is 0 Å². The van der Waals surface area contributed by atoms with Crippen LogP contribution in [-0.2, 0) is 4.79 Å². The average molecular weight is 168 g/mol. The van der Waals surface area contributed by atoms with Crippen LogP contribution < -0.4 is 0 Å². The summed E-state index contributed by atoms with van der Waals surface area (Å²) >= 11 is 0. The molecule has 0 amide bonds. The molecule has 0 fully saturated rings. The fourth-order valence-corrected chi connectivity index (χ4v) is 0.905. The molecule has 12 heavy (non-hydrogen) atoms. The fraction of sp³-hybridized carbons (Fsp3) is 0.500. The lowest BCUT2D eigenvalue weighted by Crippen LogP contribution is -1.95. The molecule has 1 N–H and O–H groups in total. The summed E-state index contributed by atoms with van der Waals surface area (Å²) in [6.45, 7) is 4.03. The van der Waals surface area contributed by atoms with E-state index in [1.165, 1.54) is 0 Å². The highest BCUT2D eigenvalue weighted by Gasteiger charge is 1.98. The van der Waals surface area contributed by atoms with Crippen molar-refractivity contribution >= 4 is 5.97 Å². The smallest absolute Gasteiger partial charge is 0.307 e. The zero-order chi connectivity index (χ0) is 9.40. The van der Waals surface area contributed by atoms with Crippen LogP contribution in [0.2, 0.25) is 0 Å². The molecule has 0 aromatic heterocycles. The number of carboxylic acid groups (broad SMARTS) is 1. The second kappa shape index (κ2) is 6.65. The quantitative estimate of drug-likeness (QED) is 0.641. The van der Waals surface area contributed by atoms with Crippen LogP contribution in [0.3, 0.4) is 0 Å². The Labute approximate surface area is 73.6 Å². The minimum atomic E-state index is -0.768. The van der Waals surface area contributed by atoms with E-state index in [-0.39, 0.29) is 6.42 Å². The van der Waals surface area contributed by atoms with Gasteiger partial charge in [-0.05, 0) is 18.4 Å². The van der Waals surface area contributed by atoms with E-state index < -0.39 is 5.97 Å². The molecule has 0 unspecified atom stereocenters. The summed E-state index contributed by atoms with van der Waals surface area (Å²) in [6.07, 6.45) is 7.77. The van der Waals surface area contributed by atoms with Crippen LogP contribution in [-0.4, -0.2) is 11.1 Å². The standard InChI is InChI=1S/C10H16O2/c1-3-5-7-9(6-4-2)8-10(11)12/h5-7H,3-4,8H2,1-2H3,(H,11,12)/b7-5-,9-6+. The molecule has 0 bridgehead atoms. The minimum absolute atomic E-state index is 0.129. The highest BCUT2D eigenvalue weighted by Crippen LogP contribution is 2.05. The van der Waals surface area contributed by atoms with Crippen LogP contribution in [0, 0.1) is 0 Å². The average Bonchev–Trinajstić information content (AvgIpc) is 2.00. The molecule has 68 valence electrons. The van der Waals surface area contributed by atoms with E-state index in [9.17, 15) is 4.79 Å². The fourth-order valence-electron chi connectivity index (χ4n) is 0.905. The Hall–Kier alpha value is -1.05. The first-order valence-corrected chi connectivity index (χ1v) is 4.28. The first kappa shape index (κ1) is 11.0. The highest BCUT2D eigenvalue weighted by molar-refractivity contribution is 5.70. The third kappa shape index (κ3) is 5.71. The number of aliphatic carboxylic acids is 1. The summed E-state index contributed by atoms with van der Waals surface area (Å²) < 4.78 is 0. The monoisotopic (exact) mass is 168 g/mol. The number of carboxylic acids is 1. The zero-order valence-electron chi connectivity index (χ0n) is 7.71. The van der Waals surface area contributed by atoms with Crippen molar-refractivity contribution in [2.75, 3.05) is 0 Å². The Bertz CT molecular complexity index is 190. The summed E-state index contributed by atoms with van der Waals surface area (Å²) in [7, 11) is 0. The van der Waals surface area contributed by atoms with E-state index in [0.29, 0.717) is 0 Å². The molecule has 2 heteroatoms. The van der Waals surface area contributed by atoms with Gasteiger partial charge in [-0.3, -0.25) is 4.79 Å². The maximum absolute atomic E-state index is 10.4. The van der Waals surface area contributed by atoms with Gasteiger partial charge in [0.25, 0.3) is 0 Å². The second-order valence-electron chi connectivity index (χ2n) is 2.57. The predicted molar refractivity (Wildman–Crippen MR) is 50.1 cm³/mol. The van der Waals surface area contributed by atoms with E-state index in [1.807, 2.05) is 32.1 Å². The second-order valence-corrected chi connectivity index (χ2v) is 2.57. The zero-order valence-corrected chi connectivity index (χ0v) is 7.71. The highest BCUT2D eigenvalue weighted by atomic mass is 16.4. The lowest BCUT2D eigenvalue weighted by molar-refractivity contribution is -0.136. The molecule has 0 aliphatic carbocycles. The van der Waals surface area contributed by atoms with E-state index in [1.54, 1.807) is 0 Å². The van der Waals surface area contributed by atoms with Crippen LogP contribution in [0.25, 0.3) is 0 Å². The topological polar surface area (TPSA) is 37.3 Å². The molecular formula is C10H16O2. The summed E-state index contributed by atoms with van der Waals surface area (Å²) in [5.41, 5.74) is 0.895.